The molecule has 5 heteroatoms. The van der Waals surface area contributed by atoms with Gasteiger partial charge in [0.2, 0.25) is 10.0 Å². The summed E-state index contributed by atoms with van der Waals surface area (Å²) in [5, 5.41) is 0. The van der Waals surface area contributed by atoms with Gasteiger partial charge in [0, 0.05) is 12.6 Å². The maximum Gasteiger partial charge on any atom is 0.216 e. The Morgan fingerprint density at radius 3 is 2.48 bits per heavy atom. The van der Waals surface area contributed by atoms with Crippen LogP contribution in [0.25, 0.3) is 0 Å². The molecule has 1 aromatic rings. The van der Waals surface area contributed by atoms with Gasteiger partial charge in [0.15, 0.2) is 0 Å². The van der Waals surface area contributed by atoms with Crippen molar-refractivity contribution in [2.45, 2.75) is 57.4 Å². The first-order valence-electron chi connectivity index (χ1n) is 7.80. The summed E-state index contributed by atoms with van der Waals surface area (Å²) in [7, 11) is -3.27. The van der Waals surface area contributed by atoms with E-state index >= 15 is 0 Å². The van der Waals surface area contributed by atoms with Gasteiger partial charge in [-0.05, 0) is 42.7 Å². The minimum absolute atomic E-state index is 0.0363. The number of hydrogen-bond donors (Lipinski definition) is 2. The van der Waals surface area contributed by atoms with Gasteiger partial charge in [0.05, 0.1) is 5.75 Å². The van der Waals surface area contributed by atoms with Crippen molar-refractivity contribution >= 4 is 10.0 Å². The minimum Gasteiger partial charge on any atom is -0.326 e. The van der Waals surface area contributed by atoms with Crippen LogP contribution in [-0.2, 0) is 22.3 Å². The summed E-state index contributed by atoms with van der Waals surface area (Å²) in [4.78, 5) is 0. The average Bonchev–Trinajstić information content (AvgIpc) is 2.47. The zero-order valence-electron chi connectivity index (χ0n) is 12.7. The van der Waals surface area contributed by atoms with E-state index in [9.17, 15) is 8.42 Å². The third-order valence-corrected chi connectivity index (χ3v) is 5.76. The Morgan fingerprint density at radius 1 is 1.19 bits per heavy atom. The Morgan fingerprint density at radius 2 is 1.86 bits per heavy atom. The van der Waals surface area contributed by atoms with E-state index in [1.807, 2.05) is 24.3 Å². The van der Waals surface area contributed by atoms with Crippen LogP contribution in [0.3, 0.4) is 0 Å². The maximum absolute atomic E-state index is 12.3. The molecule has 1 aromatic carbocycles. The van der Waals surface area contributed by atoms with Gasteiger partial charge in [-0.25, -0.2) is 13.1 Å². The summed E-state index contributed by atoms with van der Waals surface area (Å²) >= 11 is 0. The number of nitrogens with two attached hydrogens (primary N) is 1. The second kappa shape index (κ2) is 7.38. The number of benzene rings is 1. The molecule has 1 aliphatic carbocycles. The largest absolute Gasteiger partial charge is 0.326 e. The smallest absolute Gasteiger partial charge is 0.216 e. The molecule has 0 spiro atoms. The second-order valence-electron chi connectivity index (χ2n) is 6.03. The predicted molar refractivity (Wildman–Crippen MR) is 86.1 cm³/mol. The van der Waals surface area contributed by atoms with Gasteiger partial charge >= 0.3 is 0 Å². The molecule has 1 aliphatic rings. The summed E-state index contributed by atoms with van der Waals surface area (Å²) in [5.74, 6) is 0.807. The first-order valence-corrected chi connectivity index (χ1v) is 9.45. The van der Waals surface area contributed by atoms with E-state index in [-0.39, 0.29) is 11.8 Å². The van der Waals surface area contributed by atoms with Gasteiger partial charge in [0.25, 0.3) is 0 Å². The summed E-state index contributed by atoms with van der Waals surface area (Å²) in [6.45, 7) is 2.64. The highest BCUT2D eigenvalue weighted by Gasteiger charge is 2.24. The first kappa shape index (κ1) is 16.5. The molecule has 4 nitrogen and oxygen atoms in total. The van der Waals surface area contributed by atoms with Crippen LogP contribution in [0.2, 0.25) is 0 Å². The molecule has 1 saturated carbocycles. The van der Waals surface area contributed by atoms with Gasteiger partial charge in [-0.2, -0.15) is 0 Å². The van der Waals surface area contributed by atoms with Gasteiger partial charge in [-0.15, -0.1) is 0 Å². The van der Waals surface area contributed by atoms with E-state index in [4.69, 9.17) is 5.73 Å². The molecular weight excluding hydrogens is 284 g/mol. The number of rotatable bonds is 6. The lowest BCUT2D eigenvalue weighted by Crippen LogP contribution is -2.38. The van der Waals surface area contributed by atoms with Crippen LogP contribution in [-0.4, -0.2) is 14.5 Å². The maximum atomic E-state index is 12.3. The molecule has 3 N–H and O–H groups in total. The summed E-state index contributed by atoms with van der Waals surface area (Å²) in [6, 6.07) is 7.59. The normalized spacial score (nSPS) is 23.1. The third-order valence-electron chi connectivity index (χ3n) is 4.35. The molecular formula is C16H26N2O2S. The standard InChI is InChI=1S/C16H26N2O2S/c1-2-13-6-8-16(9-7-13)18-21(19,20)12-15-5-3-4-14(10-15)11-17/h3-5,10,13,16,18H,2,6-9,11-12,17H2,1H3. The van der Waals surface area contributed by atoms with E-state index in [1.54, 1.807) is 0 Å². The molecule has 0 heterocycles. The fourth-order valence-corrected chi connectivity index (χ4v) is 4.50. The Hall–Kier alpha value is -0.910. The minimum atomic E-state index is -3.27. The van der Waals surface area contributed by atoms with Crippen molar-refractivity contribution in [2.75, 3.05) is 0 Å². The molecule has 0 aliphatic heterocycles. The quantitative estimate of drug-likeness (QED) is 0.848. The van der Waals surface area contributed by atoms with Crippen molar-refractivity contribution in [3.63, 3.8) is 0 Å². The average molecular weight is 310 g/mol. The Labute approximate surface area is 128 Å². The lowest BCUT2D eigenvalue weighted by molar-refractivity contribution is 0.306. The molecule has 21 heavy (non-hydrogen) atoms. The molecule has 2 rings (SSSR count). The third kappa shape index (κ3) is 5.09. The lowest BCUT2D eigenvalue weighted by Gasteiger charge is -2.28. The molecule has 0 bridgehead atoms. The fourth-order valence-electron chi connectivity index (χ4n) is 3.05. The van der Waals surface area contributed by atoms with Crippen LogP contribution in [0.15, 0.2) is 24.3 Å². The van der Waals surface area contributed by atoms with Crippen molar-refractivity contribution in [1.29, 1.82) is 0 Å². The molecule has 0 aromatic heterocycles. The number of sulfonamides is 1. The zero-order chi connectivity index (χ0) is 15.3. The van der Waals surface area contributed by atoms with Crippen LogP contribution in [0, 0.1) is 5.92 Å². The van der Waals surface area contributed by atoms with E-state index in [0.29, 0.717) is 6.54 Å². The summed E-state index contributed by atoms with van der Waals surface area (Å²) < 4.78 is 27.4. The Bertz CT molecular complexity index is 549. The Balaban J connectivity index is 1.93. The second-order valence-corrected chi connectivity index (χ2v) is 7.78. The first-order chi connectivity index (χ1) is 10.0. The predicted octanol–water partition coefficient (Wildman–Crippen LogP) is 2.53. The molecule has 0 atom stereocenters. The molecule has 0 radical (unpaired) electrons. The van der Waals surface area contributed by atoms with Crippen molar-refractivity contribution in [3.8, 4) is 0 Å². The molecule has 0 unspecified atom stereocenters. The zero-order valence-corrected chi connectivity index (χ0v) is 13.5. The van der Waals surface area contributed by atoms with E-state index in [0.717, 1.165) is 42.7 Å². The summed E-state index contributed by atoms with van der Waals surface area (Å²) in [5.41, 5.74) is 7.36. The Kier molecular flexibility index (Phi) is 5.79. The van der Waals surface area contributed by atoms with Gasteiger partial charge in [-0.3, -0.25) is 0 Å². The molecule has 1 fully saturated rings. The van der Waals surface area contributed by atoms with Crippen molar-refractivity contribution in [2.24, 2.45) is 11.7 Å². The van der Waals surface area contributed by atoms with Gasteiger partial charge in [-0.1, -0.05) is 37.6 Å². The molecule has 0 saturated heterocycles. The number of hydrogen-bond acceptors (Lipinski definition) is 3. The highest BCUT2D eigenvalue weighted by Crippen LogP contribution is 2.27. The van der Waals surface area contributed by atoms with E-state index in [1.165, 1.54) is 6.42 Å². The SMILES string of the molecule is CCC1CCC(NS(=O)(=O)Cc2cccc(CN)c2)CC1. The van der Waals surface area contributed by atoms with Gasteiger partial charge in [0.1, 0.15) is 0 Å². The monoisotopic (exact) mass is 310 g/mol. The lowest BCUT2D eigenvalue weighted by atomic mass is 9.85. The van der Waals surface area contributed by atoms with Gasteiger partial charge < -0.3 is 5.73 Å². The highest BCUT2D eigenvalue weighted by molar-refractivity contribution is 7.88. The number of nitrogens with one attached hydrogen (secondary N) is 1. The van der Waals surface area contributed by atoms with Crippen LogP contribution in [0.5, 0.6) is 0 Å². The fraction of sp³-hybridized carbons (Fsp3) is 0.625. The van der Waals surface area contributed by atoms with Crippen molar-refractivity contribution in [1.82, 2.24) is 4.72 Å². The van der Waals surface area contributed by atoms with E-state index in [2.05, 4.69) is 11.6 Å². The molecule has 0 amide bonds. The van der Waals surface area contributed by atoms with Crippen molar-refractivity contribution < 1.29 is 8.42 Å². The van der Waals surface area contributed by atoms with Crippen LogP contribution in [0.4, 0.5) is 0 Å². The van der Waals surface area contributed by atoms with Crippen LogP contribution in [0.1, 0.15) is 50.2 Å². The van der Waals surface area contributed by atoms with Crippen molar-refractivity contribution in [3.05, 3.63) is 35.4 Å². The summed E-state index contributed by atoms with van der Waals surface area (Å²) in [6.07, 6.45) is 5.38. The molecule has 118 valence electrons. The van der Waals surface area contributed by atoms with Crippen LogP contribution >= 0.6 is 0 Å². The topological polar surface area (TPSA) is 72.2 Å². The van der Waals surface area contributed by atoms with Crippen LogP contribution < -0.4 is 10.5 Å². The van der Waals surface area contributed by atoms with E-state index < -0.39 is 10.0 Å². The highest BCUT2D eigenvalue weighted by atomic mass is 32.2.